The maximum atomic E-state index is 12.1. The van der Waals surface area contributed by atoms with Crippen LogP contribution in [0.2, 0.25) is 0 Å². The van der Waals surface area contributed by atoms with Gasteiger partial charge in [-0.15, -0.1) is 0 Å². The highest BCUT2D eigenvalue weighted by Gasteiger charge is 2.30. The summed E-state index contributed by atoms with van der Waals surface area (Å²) in [5, 5.41) is 12.0. The molecule has 2 fully saturated rings. The van der Waals surface area contributed by atoms with Gasteiger partial charge in [0.2, 0.25) is 5.91 Å². The molecule has 5 nitrogen and oxygen atoms in total. The van der Waals surface area contributed by atoms with Gasteiger partial charge in [-0.05, 0) is 52.4 Å². The van der Waals surface area contributed by atoms with E-state index in [0.717, 1.165) is 25.7 Å². The van der Waals surface area contributed by atoms with E-state index in [1.807, 2.05) is 0 Å². The molecule has 0 bridgehead atoms. The first-order valence-corrected chi connectivity index (χ1v) is 7.75. The fourth-order valence-electron chi connectivity index (χ4n) is 3.48. The van der Waals surface area contributed by atoms with Crippen molar-refractivity contribution in [2.24, 2.45) is 5.92 Å². The average Bonchev–Trinajstić information content (AvgIpc) is 2.71. The zero-order valence-electron chi connectivity index (χ0n) is 12.5. The van der Waals surface area contributed by atoms with E-state index in [1.54, 1.807) is 0 Å². The molecule has 114 valence electrons. The van der Waals surface area contributed by atoms with E-state index in [2.05, 4.69) is 24.1 Å². The number of carboxylic acid groups (broad SMARTS) is 1. The molecule has 20 heavy (non-hydrogen) atoms. The van der Waals surface area contributed by atoms with Gasteiger partial charge in [0, 0.05) is 18.1 Å². The highest BCUT2D eigenvalue weighted by molar-refractivity contribution is 5.78. The molecule has 0 aromatic heterocycles. The highest BCUT2D eigenvalue weighted by Crippen LogP contribution is 2.25. The van der Waals surface area contributed by atoms with Crippen LogP contribution >= 0.6 is 0 Å². The van der Waals surface area contributed by atoms with Crippen molar-refractivity contribution < 1.29 is 14.7 Å². The quantitative estimate of drug-likeness (QED) is 0.822. The monoisotopic (exact) mass is 282 g/mol. The number of aliphatic carboxylic acids is 1. The van der Waals surface area contributed by atoms with Crippen molar-refractivity contribution in [3.8, 4) is 0 Å². The summed E-state index contributed by atoms with van der Waals surface area (Å²) in [5.74, 6) is -0.833. The lowest BCUT2D eigenvalue weighted by molar-refractivity contribution is -0.142. The molecule has 1 heterocycles. The number of carbonyl (C=O) groups excluding carboxylic acids is 1. The second kappa shape index (κ2) is 6.57. The summed E-state index contributed by atoms with van der Waals surface area (Å²) >= 11 is 0. The number of hydrogen-bond donors (Lipinski definition) is 2. The van der Waals surface area contributed by atoms with Gasteiger partial charge < -0.3 is 10.4 Å². The van der Waals surface area contributed by atoms with E-state index in [4.69, 9.17) is 5.11 Å². The lowest BCUT2D eigenvalue weighted by Crippen LogP contribution is -2.46. The van der Waals surface area contributed by atoms with E-state index < -0.39 is 5.97 Å². The van der Waals surface area contributed by atoms with Gasteiger partial charge in [0.15, 0.2) is 0 Å². The highest BCUT2D eigenvalue weighted by atomic mass is 16.4. The van der Waals surface area contributed by atoms with Crippen LogP contribution in [0.4, 0.5) is 0 Å². The van der Waals surface area contributed by atoms with Crippen molar-refractivity contribution in [3.05, 3.63) is 0 Å². The molecule has 2 aliphatic rings. The van der Waals surface area contributed by atoms with E-state index in [-0.39, 0.29) is 17.9 Å². The minimum Gasteiger partial charge on any atom is -0.481 e. The number of nitrogens with zero attached hydrogens (tertiary/aromatic N) is 1. The normalized spacial score (nSPS) is 34.9. The second-order valence-corrected chi connectivity index (χ2v) is 6.40. The van der Waals surface area contributed by atoms with Crippen molar-refractivity contribution in [2.45, 2.75) is 70.5 Å². The third-order valence-electron chi connectivity index (χ3n) is 4.90. The van der Waals surface area contributed by atoms with Crippen LogP contribution in [0.1, 0.15) is 52.4 Å². The number of amides is 1. The van der Waals surface area contributed by atoms with Crippen LogP contribution in [-0.2, 0) is 9.59 Å². The van der Waals surface area contributed by atoms with Crippen LogP contribution in [0.15, 0.2) is 0 Å². The SMILES string of the molecule is CC1CCC(C)N1CC(=O)NC1CCC(C(=O)O)CC1. The maximum absolute atomic E-state index is 12.1. The van der Waals surface area contributed by atoms with Gasteiger partial charge in [-0.2, -0.15) is 0 Å². The summed E-state index contributed by atoms with van der Waals surface area (Å²) in [6.45, 7) is 4.82. The third kappa shape index (κ3) is 3.72. The summed E-state index contributed by atoms with van der Waals surface area (Å²) in [6, 6.07) is 1.13. The van der Waals surface area contributed by atoms with Crippen molar-refractivity contribution in [3.63, 3.8) is 0 Å². The number of nitrogens with one attached hydrogen (secondary N) is 1. The van der Waals surface area contributed by atoms with Crippen molar-refractivity contribution in [1.82, 2.24) is 10.2 Å². The van der Waals surface area contributed by atoms with E-state index in [9.17, 15) is 9.59 Å². The Balaban J connectivity index is 1.74. The van der Waals surface area contributed by atoms with E-state index >= 15 is 0 Å². The van der Waals surface area contributed by atoms with Crippen LogP contribution in [0, 0.1) is 5.92 Å². The van der Waals surface area contributed by atoms with Gasteiger partial charge in [-0.25, -0.2) is 0 Å². The van der Waals surface area contributed by atoms with Gasteiger partial charge in [0.1, 0.15) is 0 Å². The van der Waals surface area contributed by atoms with Gasteiger partial charge in [0.25, 0.3) is 0 Å². The van der Waals surface area contributed by atoms with Gasteiger partial charge in [-0.3, -0.25) is 14.5 Å². The lowest BCUT2D eigenvalue weighted by Gasteiger charge is -2.29. The molecular weight excluding hydrogens is 256 g/mol. The molecule has 2 unspecified atom stereocenters. The maximum Gasteiger partial charge on any atom is 0.306 e. The van der Waals surface area contributed by atoms with Crippen LogP contribution in [0.3, 0.4) is 0 Å². The zero-order chi connectivity index (χ0) is 14.7. The number of hydrogen-bond acceptors (Lipinski definition) is 3. The molecule has 0 aromatic carbocycles. The van der Waals surface area contributed by atoms with Gasteiger partial charge >= 0.3 is 5.97 Å². The molecule has 2 N–H and O–H groups in total. The topological polar surface area (TPSA) is 69.6 Å². The van der Waals surface area contributed by atoms with Crippen molar-refractivity contribution in [1.29, 1.82) is 0 Å². The van der Waals surface area contributed by atoms with Crippen LogP contribution in [0.25, 0.3) is 0 Å². The molecule has 0 spiro atoms. The largest absolute Gasteiger partial charge is 0.481 e. The average molecular weight is 282 g/mol. The number of likely N-dealkylation sites (tertiary alicyclic amines) is 1. The Labute approximate surface area is 120 Å². The molecule has 2 atom stereocenters. The molecular formula is C15H26N2O3. The summed E-state index contributed by atoms with van der Waals surface area (Å²) in [5.41, 5.74) is 0. The summed E-state index contributed by atoms with van der Waals surface area (Å²) in [6.07, 6.45) is 5.26. The Bertz CT molecular complexity index is 354. The first kappa shape index (κ1) is 15.3. The summed E-state index contributed by atoms with van der Waals surface area (Å²) in [7, 11) is 0. The van der Waals surface area contributed by atoms with Gasteiger partial charge in [0.05, 0.1) is 12.5 Å². The Kier molecular flexibility index (Phi) is 5.02. The minimum atomic E-state index is -0.700. The van der Waals surface area contributed by atoms with Crippen molar-refractivity contribution in [2.75, 3.05) is 6.54 Å². The lowest BCUT2D eigenvalue weighted by atomic mass is 9.86. The molecule has 1 saturated heterocycles. The van der Waals surface area contributed by atoms with E-state index in [1.165, 1.54) is 0 Å². The second-order valence-electron chi connectivity index (χ2n) is 6.40. The smallest absolute Gasteiger partial charge is 0.306 e. The molecule has 1 amide bonds. The Morgan fingerprint density at radius 3 is 2.10 bits per heavy atom. The first-order chi connectivity index (χ1) is 9.47. The number of carboxylic acids is 1. The Morgan fingerprint density at radius 2 is 1.60 bits per heavy atom. The third-order valence-corrected chi connectivity index (χ3v) is 4.90. The predicted molar refractivity (Wildman–Crippen MR) is 76.4 cm³/mol. The molecule has 0 aromatic rings. The molecule has 1 saturated carbocycles. The summed E-state index contributed by atoms with van der Waals surface area (Å²) < 4.78 is 0. The Morgan fingerprint density at radius 1 is 1.05 bits per heavy atom. The number of carbonyl (C=O) groups is 2. The molecule has 2 rings (SSSR count). The van der Waals surface area contributed by atoms with Crippen LogP contribution < -0.4 is 5.32 Å². The Hall–Kier alpha value is -1.10. The standard InChI is InChI=1S/C15H26N2O3/c1-10-3-4-11(2)17(10)9-14(18)16-13-7-5-12(6-8-13)15(19)20/h10-13H,3-9H2,1-2H3,(H,16,18)(H,19,20). The van der Waals surface area contributed by atoms with E-state index in [0.29, 0.717) is 31.5 Å². The molecule has 1 aliphatic carbocycles. The molecule has 5 heteroatoms. The fourth-order valence-corrected chi connectivity index (χ4v) is 3.48. The zero-order valence-corrected chi connectivity index (χ0v) is 12.5. The number of rotatable bonds is 4. The van der Waals surface area contributed by atoms with Crippen molar-refractivity contribution >= 4 is 11.9 Å². The van der Waals surface area contributed by atoms with Crippen LogP contribution in [-0.4, -0.2) is 46.6 Å². The van der Waals surface area contributed by atoms with Gasteiger partial charge in [-0.1, -0.05) is 0 Å². The molecule has 0 radical (unpaired) electrons. The van der Waals surface area contributed by atoms with Crippen LogP contribution in [0.5, 0.6) is 0 Å². The molecule has 1 aliphatic heterocycles. The first-order valence-electron chi connectivity index (χ1n) is 7.75. The fraction of sp³-hybridized carbons (Fsp3) is 0.867. The minimum absolute atomic E-state index is 0.0874. The predicted octanol–water partition coefficient (Wildman–Crippen LogP) is 1.62. The summed E-state index contributed by atoms with van der Waals surface area (Å²) in [4.78, 5) is 25.3.